The molecule has 0 aliphatic rings. The van der Waals surface area contributed by atoms with Gasteiger partial charge in [0.25, 0.3) is 0 Å². The summed E-state index contributed by atoms with van der Waals surface area (Å²) in [5.74, 6) is -0.452. The number of halogens is 2. The zero-order valence-electron chi connectivity index (χ0n) is 8.74. The van der Waals surface area contributed by atoms with Crippen molar-refractivity contribution in [2.24, 2.45) is 0 Å². The Morgan fingerprint density at radius 2 is 2.24 bits per heavy atom. The van der Waals surface area contributed by atoms with E-state index in [0.717, 1.165) is 4.88 Å². The van der Waals surface area contributed by atoms with Gasteiger partial charge >= 0.3 is 0 Å². The number of hydrogen-bond acceptors (Lipinski definition) is 2. The fourth-order valence-electron chi connectivity index (χ4n) is 1.35. The number of hydrogen-bond donors (Lipinski definition) is 1. The first-order valence-corrected chi connectivity index (χ1v) is 6.60. The van der Waals surface area contributed by atoms with Crippen LogP contribution in [0.25, 0.3) is 0 Å². The summed E-state index contributed by atoms with van der Waals surface area (Å²) < 4.78 is 13.3. The van der Waals surface area contributed by atoms with Gasteiger partial charge < -0.3 is 5.32 Å². The third-order valence-corrected chi connectivity index (χ3v) is 3.60. The van der Waals surface area contributed by atoms with Gasteiger partial charge in [0.15, 0.2) is 0 Å². The van der Waals surface area contributed by atoms with E-state index in [4.69, 9.17) is 0 Å². The average Bonchev–Trinajstić information content (AvgIpc) is 2.76. The fraction of sp³-hybridized carbons (Fsp3) is 0.0833. The molecule has 0 atom stereocenters. The lowest BCUT2D eigenvalue weighted by Gasteiger charge is -2.05. The predicted molar refractivity (Wildman–Crippen MR) is 70.8 cm³/mol. The van der Waals surface area contributed by atoms with Crippen molar-refractivity contribution < 1.29 is 9.18 Å². The predicted octanol–water partition coefficient (Wildman–Crippen LogP) is 3.83. The molecule has 0 unspecified atom stereocenters. The second-order valence-corrected chi connectivity index (χ2v) is 5.32. The third kappa shape index (κ3) is 3.38. The molecule has 1 N–H and O–H groups in total. The molecule has 2 aromatic rings. The van der Waals surface area contributed by atoms with Gasteiger partial charge in [-0.1, -0.05) is 6.07 Å². The highest BCUT2D eigenvalue weighted by Gasteiger charge is 2.06. The fourth-order valence-corrected chi connectivity index (χ4v) is 2.43. The first-order valence-electron chi connectivity index (χ1n) is 4.92. The molecule has 1 aromatic carbocycles. The van der Waals surface area contributed by atoms with E-state index in [2.05, 4.69) is 21.2 Å². The Morgan fingerprint density at radius 1 is 1.41 bits per heavy atom. The largest absolute Gasteiger partial charge is 0.326 e. The number of benzene rings is 1. The van der Waals surface area contributed by atoms with Crippen LogP contribution in [0.1, 0.15) is 4.88 Å². The second-order valence-electron chi connectivity index (χ2n) is 3.43. The van der Waals surface area contributed by atoms with Crippen molar-refractivity contribution in [1.29, 1.82) is 0 Å². The van der Waals surface area contributed by atoms with Crippen molar-refractivity contribution in [2.75, 3.05) is 5.32 Å². The molecule has 0 fully saturated rings. The van der Waals surface area contributed by atoms with Gasteiger partial charge in [-0.15, -0.1) is 11.3 Å². The lowest BCUT2D eigenvalue weighted by Crippen LogP contribution is -2.13. The van der Waals surface area contributed by atoms with Gasteiger partial charge in [-0.3, -0.25) is 4.79 Å². The number of rotatable bonds is 3. The smallest absolute Gasteiger partial charge is 0.229 e. The number of anilines is 1. The highest BCUT2D eigenvalue weighted by Crippen LogP contribution is 2.20. The van der Waals surface area contributed by atoms with Gasteiger partial charge in [0, 0.05) is 10.6 Å². The molecule has 0 saturated carbocycles. The molecule has 0 radical (unpaired) electrons. The van der Waals surface area contributed by atoms with Crippen LogP contribution in [-0.2, 0) is 11.2 Å². The Labute approximate surface area is 111 Å². The Hall–Kier alpha value is -1.20. The summed E-state index contributed by atoms with van der Waals surface area (Å²) in [6, 6.07) is 8.20. The molecule has 0 saturated heterocycles. The van der Waals surface area contributed by atoms with Gasteiger partial charge in [-0.2, -0.15) is 0 Å². The first kappa shape index (κ1) is 12.3. The summed E-state index contributed by atoms with van der Waals surface area (Å²) >= 11 is 4.61. The lowest BCUT2D eigenvalue weighted by molar-refractivity contribution is -0.115. The Bertz CT molecular complexity index is 527. The number of nitrogens with one attached hydrogen (secondary N) is 1. The normalized spacial score (nSPS) is 10.2. The van der Waals surface area contributed by atoms with Crippen molar-refractivity contribution in [1.82, 2.24) is 0 Å². The minimum Gasteiger partial charge on any atom is -0.326 e. The van der Waals surface area contributed by atoms with Crippen LogP contribution >= 0.6 is 27.3 Å². The van der Waals surface area contributed by atoms with Gasteiger partial charge in [0.2, 0.25) is 5.91 Å². The summed E-state index contributed by atoms with van der Waals surface area (Å²) in [6.45, 7) is 0. The van der Waals surface area contributed by atoms with Gasteiger partial charge in [-0.05, 0) is 45.6 Å². The van der Waals surface area contributed by atoms with Gasteiger partial charge in [-0.25, -0.2) is 4.39 Å². The molecule has 2 rings (SSSR count). The number of carbonyl (C=O) groups is 1. The summed E-state index contributed by atoms with van der Waals surface area (Å²) in [5.41, 5.74) is 0.583. The van der Waals surface area contributed by atoms with Crippen LogP contribution in [0.5, 0.6) is 0 Å². The zero-order valence-corrected chi connectivity index (χ0v) is 11.1. The van der Waals surface area contributed by atoms with Crippen LogP contribution < -0.4 is 5.32 Å². The molecule has 0 bridgehead atoms. The Balaban J connectivity index is 2.00. The van der Waals surface area contributed by atoms with E-state index >= 15 is 0 Å². The summed E-state index contributed by atoms with van der Waals surface area (Å²) in [4.78, 5) is 12.7. The van der Waals surface area contributed by atoms with E-state index in [1.807, 2.05) is 17.5 Å². The summed E-state index contributed by atoms with van der Waals surface area (Å²) in [6.07, 6.45) is 0.340. The standard InChI is InChI=1S/C12H9BrFNOS/c13-10-6-8(3-4-11(10)14)15-12(16)7-9-2-1-5-17-9/h1-6H,7H2,(H,15,16). The maximum atomic E-state index is 13.0. The quantitative estimate of drug-likeness (QED) is 0.916. The van der Waals surface area contributed by atoms with E-state index in [0.29, 0.717) is 16.6 Å². The van der Waals surface area contributed by atoms with Crippen LogP contribution in [0, 0.1) is 5.82 Å². The molecule has 0 spiro atoms. The summed E-state index contributed by atoms with van der Waals surface area (Å²) in [7, 11) is 0. The topological polar surface area (TPSA) is 29.1 Å². The molecule has 1 aromatic heterocycles. The minimum atomic E-state index is -0.346. The molecule has 1 amide bonds. The molecule has 0 aliphatic heterocycles. The molecule has 0 aliphatic carbocycles. The number of carbonyl (C=O) groups excluding carboxylic acids is 1. The molecule has 5 heteroatoms. The minimum absolute atomic E-state index is 0.106. The van der Waals surface area contributed by atoms with Crippen molar-refractivity contribution in [3.05, 3.63) is 50.9 Å². The van der Waals surface area contributed by atoms with E-state index in [1.165, 1.54) is 23.5 Å². The van der Waals surface area contributed by atoms with Crippen LogP contribution in [0.3, 0.4) is 0 Å². The summed E-state index contributed by atoms with van der Waals surface area (Å²) in [5, 5.41) is 4.65. The van der Waals surface area contributed by atoms with E-state index in [-0.39, 0.29) is 11.7 Å². The van der Waals surface area contributed by atoms with Crippen LogP contribution in [0.4, 0.5) is 10.1 Å². The monoisotopic (exact) mass is 313 g/mol. The molecule has 88 valence electrons. The zero-order chi connectivity index (χ0) is 12.3. The van der Waals surface area contributed by atoms with Gasteiger partial charge in [0.1, 0.15) is 5.82 Å². The highest BCUT2D eigenvalue weighted by molar-refractivity contribution is 9.10. The third-order valence-electron chi connectivity index (χ3n) is 2.12. The van der Waals surface area contributed by atoms with Crippen LogP contribution in [-0.4, -0.2) is 5.91 Å². The van der Waals surface area contributed by atoms with Crippen molar-refractivity contribution >= 4 is 38.9 Å². The Morgan fingerprint density at radius 3 is 2.88 bits per heavy atom. The average molecular weight is 314 g/mol. The SMILES string of the molecule is O=C(Cc1cccs1)Nc1ccc(F)c(Br)c1. The van der Waals surface area contributed by atoms with E-state index < -0.39 is 0 Å². The van der Waals surface area contributed by atoms with Crippen LogP contribution in [0.2, 0.25) is 0 Å². The highest BCUT2D eigenvalue weighted by atomic mass is 79.9. The molecule has 1 heterocycles. The van der Waals surface area contributed by atoms with Crippen molar-refractivity contribution in [3.63, 3.8) is 0 Å². The van der Waals surface area contributed by atoms with Crippen molar-refractivity contribution in [2.45, 2.75) is 6.42 Å². The van der Waals surface area contributed by atoms with Crippen LogP contribution in [0.15, 0.2) is 40.2 Å². The second kappa shape index (κ2) is 5.42. The van der Waals surface area contributed by atoms with Crippen molar-refractivity contribution in [3.8, 4) is 0 Å². The maximum absolute atomic E-state index is 13.0. The number of amides is 1. The molecular formula is C12H9BrFNOS. The molecular weight excluding hydrogens is 305 g/mol. The van der Waals surface area contributed by atoms with E-state index in [9.17, 15) is 9.18 Å². The number of thiophene rings is 1. The molecule has 17 heavy (non-hydrogen) atoms. The molecule has 2 nitrogen and oxygen atoms in total. The maximum Gasteiger partial charge on any atom is 0.229 e. The van der Waals surface area contributed by atoms with E-state index in [1.54, 1.807) is 6.07 Å². The Kier molecular flexibility index (Phi) is 3.91. The first-order chi connectivity index (χ1) is 8.15. The lowest BCUT2D eigenvalue weighted by atomic mass is 10.3. The van der Waals surface area contributed by atoms with Gasteiger partial charge in [0.05, 0.1) is 10.9 Å².